The molecule has 0 aliphatic heterocycles. The Bertz CT molecular complexity index is 782. The van der Waals surface area contributed by atoms with Crippen LogP contribution in [0.25, 0.3) is 6.08 Å². The SMILES string of the molecule is COc1cccc(NC(=O)C(=Cc2ccccc2C)NC(C)=O)c1. The fourth-order valence-electron chi connectivity index (χ4n) is 2.15. The second-order valence-electron chi connectivity index (χ2n) is 5.28. The van der Waals surface area contributed by atoms with E-state index in [1.807, 2.05) is 31.2 Å². The average molecular weight is 324 g/mol. The summed E-state index contributed by atoms with van der Waals surface area (Å²) in [5.41, 5.74) is 2.64. The highest BCUT2D eigenvalue weighted by molar-refractivity contribution is 6.08. The molecular formula is C19H20N2O3. The van der Waals surface area contributed by atoms with Gasteiger partial charge in [-0.05, 0) is 36.3 Å². The van der Waals surface area contributed by atoms with Crippen LogP contribution < -0.4 is 15.4 Å². The molecule has 0 fully saturated rings. The number of carbonyl (C=O) groups excluding carboxylic acids is 2. The molecule has 2 rings (SSSR count). The minimum Gasteiger partial charge on any atom is -0.497 e. The molecular weight excluding hydrogens is 304 g/mol. The number of carbonyl (C=O) groups is 2. The third-order valence-corrected chi connectivity index (χ3v) is 3.37. The molecule has 5 nitrogen and oxygen atoms in total. The van der Waals surface area contributed by atoms with Crippen LogP contribution in [0.15, 0.2) is 54.2 Å². The van der Waals surface area contributed by atoms with Crippen molar-refractivity contribution in [2.45, 2.75) is 13.8 Å². The molecule has 0 bridgehead atoms. The lowest BCUT2D eigenvalue weighted by Gasteiger charge is -2.11. The van der Waals surface area contributed by atoms with E-state index < -0.39 is 5.91 Å². The quantitative estimate of drug-likeness (QED) is 0.830. The van der Waals surface area contributed by atoms with Gasteiger partial charge in [0.05, 0.1) is 7.11 Å². The lowest BCUT2D eigenvalue weighted by molar-refractivity contribution is -0.120. The summed E-state index contributed by atoms with van der Waals surface area (Å²) in [6, 6.07) is 14.6. The van der Waals surface area contributed by atoms with E-state index in [0.717, 1.165) is 11.1 Å². The van der Waals surface area contributed by atoms with E-state index in [-0.39, 0.29) is 11.6 Å². The number of hydrogen-bond acceptors (Lipinski definition) is 3. The Balaban J connectivity index is 2.28. The summed E-state index contributed by atoms with van der Waals surface area (Å²) >= 11 is 0. The van der Waals surface area contributed by atoms with Crippen LogP contribution in [0.1, 0.15) is 18.1 Å². The number of aryl methyl sites for hydroxylation is 1. The zero-order valence-corrected chi connectivity index (χ0v) is 13.9. The second kappa shape index (κ2) is 7.97. The topological polar surface area (TPSA) is 67.4 Å². The minimum atomic E-state index is -0.401. The first-order valence-electron chi connectivity index (χ1n) is 7.50. The summed E-state index contributed by atoms with van der Waals surface area (Å²) in [6.45, 7) is 3.31. The van der Waals surface area contributed by atoms with E-state index in [1.54, 1.807) is 37.5 Å². The van der Waals surface area contributed by atoms with Gasteiger partial charge in [-0.1, -0.05) is 30.3 Å². The Kier molecular flexibility index (Phi) is 5.73. The number of hydrogen-bond donors (Lipinski definition) is 2. The highest BCUT2D eigenvalue weighted by atomic mass is 16.5. The van der Waals surface area contributed by atoms with E-state index in [2.05, 4.69) is 10.6 Å². The van der Waals surface area contributed by atoms with E-state index in [4.69, 9.17) is 4.74 Å². The number of methoxy groups -OCH3 is 1. The van der Waals surface area contributed by atoms with Crippen LogP contribution in [0.4, 0.5) is 5.69 Å². The van der Waals surface area contributed by atoms with Crippen LogP contribution >= 0.6 is 0 Å². The molecule has 2 aromatic carbocycles. The smallest absolute Gasteiger partial charge is 0.272 e. The molecule has 0 saturated heterocycles. The molecule has 5 heteroatoms. The van der Waals surface area contributed by atoms with Crippen LogP contribution in [-0.4, -0.2) is 18.9 Å². The number of amides is 2. The minimum absolute atomic E-state index is 0.180. The van der Waals surface area contributed by atoms with Gasteiger partial charge >= 0.3 is 0 Å². The molecule has 0 atom stereocenters. The molecule has 0 saturated carbocycles. The third-order valence-electron chi connectivity index (χ3n) is 3.37. The second-order valence-corrected chi connectivity index (χ2v) is 5.28. The lowest BCUT2D eigenvalue weighted by Crippen LogP contribution is -2.29. The zero-order valence-electron chi connectivity index (χ0n) is 13.9. The summed E-state index contributed by atoms with van der Waals surface area (Å²) < 4.78 is 5.14. The lowest BCUT2D eigenvalue weighted by atomic mass is 10.1. The fraction of sp³-hybridized carbons (Fsp3) is 0.158. The Morgan fingerprint density at radius 1 is 1.08 bits per heavy atom. The first-order chi connectivity index (χ1) is 11.5. The van der Waals surface area contributed by atoms with Crippen LogP contribution in [0, 0.1) is 6.92 Å². The molecule has 0 aromatic heterocycles. The molecule has 0 spiro atoms. The van der Waals surface area contributed by atoms with Crippen molar-refractivity contribution in [1.82, 2.24) is 5.32 Å². The molecule has 0 heterocycles. The summed E-state index contributed by atoms with van der Waals surface area (Å²) in [5, 5.41) is 5.34. The van der Waals surface area contributed by atoms with E-state index in [0.29, 0.717) is 11.4 Å². The van der Waals surface area contributed by atoms with Crippen LogP contribution in [0.3, 0.4) is 0 Å². The van der Waals surface area contributed by atoms with Gasteiger partial charge in [-0.15, -0.1) is 0 Å². The van der Waals surface area contributed by atoms with Gasteiger partial charge < -0.3 is 15.4 Å². The fourth-order valence-corrected chi connectivity index (χ4v) is 2.15. The Morgan fingerprint density at radius 2 is 1.83 bits per heavy atom. The Labute approximate surface area is 141 Å². The van der Waals surface area contributed by atoms with Gasteiger partial charge in [0.2, 0.25) is 5.91 Å². The van der Waals surface area contributed by atoms with Gasteiger partial charge in [-0.25, -0.2) is 0 Å². The molecule has 24 heavy (non-hydrogen) atoms. The molecule has 2 aromatic rings. The largest absolute Gasteiger partial charge is 0.497 e. The van der Waals surface area contributed by atoms with E-state index in [9.17, 15) is 9.59 Å². The van der Waals surface area contributed by atoms with Crippen molar-refractivity contribution in [3.63, 3.8) is 0 Å². The highest BCUT2D eigenvalue weighted by Gasteiger charge is 2.12. The van der Waals surface area contributed by atoms with Gasteiger partial charge in [0, 0.05) is 18.7 Å². The van der Waals surface area contributed by atoms with Crippen LogP contribution in [0.5, 0.6) is 5.75 Å². The first kappa shape index (κ1) is 17.3. The summed E-state index contributed by atoms with van der Waals surface area (Å²) in [6.07, 6.45) is 1.66. The molecule has 0 aliphatic rings. The molecule has 2 N–H and O–H groups in total. The maximum Gasteiger partial charge on any atom is 0.272 e. The summed E-state index contributed by atoms with van der Waals surface area (Å²) in [5.74, 6) is -0.0749. The van der Waals surface area contributed by atoms with Crippen LogP contribution in [-0.2, 0) is 9.59 Å². The van der Waals surface area contributed by atoms with Gasteiger partial charge in [0.1, 0.15) is 11.4 Å². The van der Waals surface area contributed by atoms with E-state index in [1.165, 1.54) is 6.92 Å². The predicted octanol–water partition coefficient (Wildman–Crippen LogP) is 3.12. The summed E-state index contributed by atoms with van der Waals surface area (Å²) in [7, 11) is 1.56. The van der Waals surface area contributed by atoms with Crippen molar-refractivity contribution in [1.29, 1.82) is 0 Å². The zero-order chi connectivity index (χ0) is 17.5. The van der Waals surface area contributed by atoms with Crippen molar-refractivity contribution in [3.05, 3.63) is 65.4 Å². The van der Waals surface area contributed by atoms with E-state index >= 15 is 0 Å². The standard InChI is InChI=1S/C19H20N2O3/c1-13-7-4-5-8-15(13)11-18(20-14(2)22)19(23)21-16-9-6-10-17(12-16)24-3/h4-12H,1-3H3,(H,20,22)(H,21,23). The van der Waals surface area contributed by atoms with Crippen LogP contribution in [0.2, 0.25) is 0 Å². The maximum atomic E-state index is 12.5. The van der Waals surface area contributed by atoms with Crippen molar-refractivity contribution in [2.24, 2.45) is 0 Å². The van der Waals surface area contributed by atoms with Crippen molar-refractivity contribution in [3.8, 4) is 5.75 Å². The van der Waals surface area contributed by atoms with Gasteiger partial charge in [-0.3, -0.25) is 9.59 Å². The number of rotatable bonds is 5. The maximum absolute atomic E-state index is 12.5. The molecule has 0 radical (unpaired) electrons. The molecule has 0 unspecified atom stereocenters. The monoisotopic (exact) mass is 324 g/mol. The predicted molar refractivity (Wildman–Crippen MR) is 94.6 cm³/mol. The first-order valence-corrected chi connectivity index (χ1v) is 7.50. The molecule has 124 valence electrons. The number of nitrogens with one attached hydrogen (secondary N) is 2. The van der Waals surface area contributed by atoms with Gasteiger partial charge in [-0.2, -0.15) is 0 Å². The Hall–Kier alpha value is -3.08. The normalized spacial score (nSPS) is 10.9. The highest BCUT2D eigenvalue weighted by Crippen LogP contribution is 2.18. The Morgan fingerprint density at radius 3 is 2.50 bits per heavy atom. The number of benzene rings is 2. The van der Waals surface area contributed by atoms with Gasteiger partial charge in [0.15, 0.2) is 0 Å². The van der Waals surface area contributed by atoms with Crippen molar-refractivity contribution in [2.75, 3.05) is 12.4 Å². The average Bonchev–Trinajstić information content (AvgIpc) is 2.56. The number of anilines is 1. The molecule has 0 aliphatic carbocycles. The third kappa shape index (κ3) is 4.71. The van der Waals surface area contributed by atoms with Crippen molar-refractivity contribution < 1.29 is 14.3 Å². The van der Waals surface area contributed by atoms with Gasteiger partial charge in [0.25, 0.3) is 5.91 Å². The summed E-state index contributed by atoms with van der Waals surface area (Å²) in [4.78, 5) is 24.0. The number of ether oxygens (including phenoxy) is 1. The van der Waals surface area contributed by atoms with Crippen molar-refractivity contribution >= 4 is 23.6 Å². The molecule has 2 amide bonds.